The summed E-state index contributed by atoms with van der Waals surface area (Å²) >= 11 is 0. The molecule has 2 heterocycles. The lowest BCUT2D eigenvalue weighted by Gasteiger charge is -2.29. The Kier molecular flexibility index (Phi) is 3.87. The van der Waals surface area contributed by atoms with Crippen LogP contribution in [0.5, 0.6) is 5.75 Å². The van der Waals surface area contributed by atoms with Crippen LogP contribution in [0.1, 0.15) is 24.3 Å². The highest BCUT2D eigenvalue weighted by atomic mass is 16.5. The van der Waals surface area contributed by atoms with Crippen molar-refractivity contribution in [3.8, 4) is 5.75 Å². The molecule has 0 saturated carbocycles. The van der Waals surface area contributed by atoms with Gasteiger partial charge in [-0.15, -0.1) is 0 Å². The van der Waals surface area contributed by atoms with Gasteiger partial charge in [-0.3, -0.25) is 9.59 Å². The summed E-state index contributed by atoms with van der Waals surface area (Å²) in [7, 11) is 1.60. The number of hydrogen-bond donors (Lipinski definition) is 0. The number of carbonyl (C=O) groups is 2. The molecule has 112 valence electrons. The second-order valence-electron chi connectivity index (χ2n) is 5.19. The quantitative estimate of drug-likeness (QED) is 0.817. The van der Waals surface area contributed by atoms with Crippen molar-refractivity contribution in [1.82, 2.24) is 4.98 Å². The minimum atomic E-state index is -0.212. The number of benzene rings is 1. The molecular weight excluding hydrogens is 280 g/mol. The lowest BCUT2D eigenvalue weighted by Crippen LogP contribution is -2.43. The number of hydrogen-bond acceptors (Lipinski definition) is 4. The smallest absolute Gasteiger partial charge is 0.235 e. The van der Waals surface area contributed by atoms with Gasteiger partial charge in [-0.1, -0.05) is 18.2 Å². The summed E-state index contributed by atoms with van der Waals surface area (Å²) in [5.41, 5.74) is 0.975. The second kappa shape index (κ2) is 5.97. The van der Waals surface area contributed by atoms with Crippen LogP contribution in [0.15, 0.2) is 48.7 Å². The second-order valence-corrected chi connectivity index (χ2v) is 5.19. The number of imide groups is 1. The summed E-state index contributed by atoms with van der Waals surface area (Å²) in [4.78, 5) is 30.0. The summed E-state index contributed by atoms with van der Waals surface area (Å²) < 4.78 is 5.12. The zero-order valence-corrected chi connectivity index (χ0v) is 12.2. The standard InChI is InChI=1S/C17H16N2O3/c1-22-14-7-5-12(6-8-14)13-10-16(20)19(17(21)11-13)15-4-2-3-9-18-15/h2-9,13H,10-11H2,1H3. The molecule has 0 spiro atoms. The van der Waals surface area contributed by atoms with Crippen molar-refractivity contribution in [1.29, 1.82) is 0 Å². The summed E-state index contributed by atoms with van der Waals surface area (Å²) in [6.07, 6.45) is 2.18. The molecule has 1 aliphatic heterocycles. The first-order valence-corrected chi connectivity index (χ1v) is 7.10. The normalized spacial score (nSPS) is 16.0. The van der Waals surface area contributed by atoms with E-state index < -0.39 is 0 Å². The first kappa shape index (κ1) is 14.3. The molecule has 0 atom stereocenters. The monoisotopic (exact) mass is 296 g/mol. The first-order valence-electron chi connectivity index (χ1n) is 7.10. The van der Waals surface area contributed by atoms with Gasteiger partial charge in [0.1, 0.15) is 11.6 Å². The highest BCUT2D eigenvalue weighted by Crippen LogP contribution is 2.32. The molecule has 1 aromatic heterocycles. The molecule has 1 fully saturated rings. The number of methoxy groups -OCH3 is 1. The number of anilines is 1. The zero-order valence-electron chi connectivity index (χ0n) is 12.2. The van der Waals surface area contributed by atoms with E-state index in [1.165, 1.54) is 4.90 Å². The van der Waals surface area contributed by atoms with Gasteiger partial charge in [0.2, 0.25) is 11.8 Å². The van der Waals surface area contributed by atoms with Crippen molar-refractivity contribution >= 4 is 17.6 Å². The average molecular weight is 296 g/mol. The van der Waals surface area contributed by atoms with E-state index in [0.717, 1.165) is 11.3 Å². The van der Waals surface area contributed by atoms with Gasteiger partial charge < -0.3 is 4.74 Å². The van der Waals surface area contributed by atoms with Gasteiger partial charge >= 0.3 is 0 Å². The fourth-order valence-electron chi connectivity index (χ4n) is 2.67. The fraction of sp³-hybridized carbons (Fsp3) is 0.235. The molecule has 2 aromatic rings. The van der Waals surface area contributed by atoms with Crippen molar-refractivity contribution in [2.75, 3.05) is 12.0 Å². The third-order valence-corrected chi connectivity index (χ3v) is 3.81. The Balaban J connectivity index is 1.80. The third-order valence-electron chi connectivity index (χ3n) is 3.81. The van der Waals surface area contributed by atoms with Gasteiger partial charge in [0.05, 0.1) is 7.11 Å². The van der Waals surface area contributed by atoms with Crippen LogP contribution in [0.3, 0.4) is 0 Å². The number of ether oxygens (including phenoxy) is 1. The van der Waals surface area contributed by atoms with Crippen LogP contribution in [0.4, 0.5) is 5.82 Å². The molecule has 5 heteroatoms. The van der Waals surface area contributed by atoms with E-state index in [0.29, 0.717) is 18.7 Å². The number of nitrogens with zero attached hydrogens (tertiary/aromatic N) is 2. The fourth-order valence-corrected chi connectivity index (χ4v) is 2.67. The summed E-state index contributed by atoms with van der Waals surface area (Å²) in [6, 6.07) is 12.7. The maximum absolute atomic E-state index is 12.4. The molecule has 2 amide bonds. The maximum atomic E-state index is 12.4. The predicted molar refractivity (Wildman–Crippen MR) is 81.7 cm³/mol. The number of piperidine rings is 1. The molecule has 1 saturated heterocycles. The Labute approximate surface area is 128 Å². The Morgan fingerprint density at radius 3 is 2.27 bits per heavy atom. The van der Waals surface area contributed by atoms with Crippen LogP contribution in [0.25, 0.3) is 0 Å². The van der Waals surface area contributed by atoms with Crippen LogP contribution in [0, 0.1) is 0 Å². The minimum absolute atomic E-state index is 0.0918. The summed E-state index contributed by atoms with van der Waals surface area (Å²) in [5, 5.41) is 0. The van der Waals surface area contributed by atoms with E-state index >= 15 is 0 Å². The number of aromatic nitrogens is 1. The van der Waals surface area contributed by atoms with Gasteiger partial charge in [0, 0.05) is 25.0 Å². The topological polar surface area (TPSA) is 59.5 Å². The molecule has 0 N–H and O–H groups in total. The largest absolute Gasteiger partial charge is 0.497 e. The molecule has 5 nitrogen and oxygen atoms in total. The minimum Gasteiger partial charge on any atom is -0.497 e. The van der Waals surface area contributed by atoms with Crippen molar-refractivity contribution in [2.24, 2.45) is 0 Å². The van der Waals surface area contributed by atoms with Gasteiger partial charge in [-0.05, 0) is 29.8 Å². The van der Waals surface area contributed by atoms with Crippen LogP contribution >= 0.6 is 0 Å². The Morgan fingerprint density at radius 2 is 1.73 bits per heavy atom. The highest BCUT2D eigenvalue weighted by Gasteiger charge is 2.34. The van der Waals surface area contributed by atoms with E-state index in [4.69, 9.17) is 4.74 Å². The highest BCUT2D eigenvalue weighted by molar-refractivity contribution is 6.16. The lowest BCUT2D eigenvalue weighted by molar-refractivity contribution is -0.129. The molecule has 0 unspecified atom stereocenters. The van der Waals surface area contributed by atoms with Gasteiger partial charge in [-0.2, -0.15) is 0 Å². The number of pyridine rings is 1. The van der Waals surface area contributed by atoms with Crippen LogP contribution < -0.4 is 9.64 Å². The third kappa shape index (κ3) is 2.70. The Morgan fingerprint density at radius 1 is 1.05 bits per heavy atom. The number of amides is 2. The van der Waals surface area contributed by atoms with Crippen molar-refractivity contribution < 1.29 is 14.3 Å². The van der Waals surface area contributed by atoms with Crippen LogP contribution in [-0.4, -0.2) is 23.9 Å². The molecular formula is C17H16N2O3. The van der Waals surface area contributed by atoms with E-state index in [2.05, 4.69) is 4.98 Å². The van der Waals surface area contributed by atoms with Crippen molar-refractivity contribution in [3.05, 3.63) is 54.2 Å². The molecule has 1 aliphatic rings. The zero-order chi connectivity index (χ0) is 15.5. The molecule has 1 aromatic carbocycles. The van der Waals surface area contributed by atoms with Crippen molar-refractivity contribution in [2.45, 2.75) is 18.8 Å². The molecule has 0 aliphatic carbocycles. The Hall–Kier alpha value is -2.69. The van der Waals surface area contributed by atoms with E-state index in [1.807, 2.05) is 24.3 Å². The molecule has 22 heavy (non-hydrogen) atoms. The van der Waals surface area contributed by atoms with Gasteiger partial charge in [0.15, 0.2) is 0 Å². The Bertz CT molecular complexity index is 665. The van der Waals surface area contributed by atoms with Gasteiger partial charge in [-0.25, -0.2) is 9.88 Å². The predicted octanol–water partition coefficient (Wildman–Crippen LogP) is 2.53. The maximum Gasteiger partial charge on any atom is 0.235 e. The van der Waals surface area contributed by atoms with E-state index in [1.54, 1.807) is 31.5 Å². The molecule has 3 rings (SSSR count). The van der Waals surface area contributed by atoms with Gasteiger partial charge in [0.25, 0.3) is 0 Å². The first-order chi connectivity index (χ1) is 10.7. The average Bonchev–Trinajstić information content (AvgIpc) is 2.55. The molecule has 0 radical (unpaired) electrons. The van der Waals surface area contributed by atoms with Crippen LogP contribution in [-0.2, 0) is 9.59 Å². The van der Waals surface area contributed by atoms with Crippen molar-refractivity contribution in [3.63, 3.8) is 0 Å². The van der Waals surface area contributed by atoms with E-state index in [-0.39, 0.29) is 17.7 Å². The van der Waals surface area contributed by atoms with E-state index in [9.17, 15) is 9.59 Å². The number of rotatable bonds is 3. The summed E-state index contributed by atoms with van der Waals surface area (Å²) in [6.45, 7) is 0. The van der Waals surface area contributed by atoms with Crippen LogP contribution in [0.2, 0.25) is 0 Å². The molecule has 0 bridgehead atoms. The summed E-state index contributed by atoms with van der Waals surface area (Å²) in [5.74, 6) is 0.635. The number of carbonyl (C=O) groups excluding carboxylic acids is 2. The lowest BCUT2D eigenvalue weighted by atomic mass is 9.88. The SMILES string of the molecule is COc1ccc(C2CC(=O)N(c3ccccn3)C(=O)C2)cc1.